The molecule has 1 spiro atoms. The third kappa shape index (κ3) is 5.93. The Bertz CT molecular complexity index is 2030. The van der Waals surface area contributed by atoms with E-state index >= 15 is 0 Å². The standard InChI is InChI=1S/C41H43N3O7Si/c1-5-21-43-32-20-19-29(44-33-16-10-12-18-35(33)50-34-17-11-9-15-30(34)39(44)47)24-31(32)41(40(43)48)27(2)38(52(3,4)49)36(51-41)25-37(46)42(22-23-45)26-28-13-7-6-8-14-28/h5-20,24,27,36,38,45,49H,1,21-23,25-26H2,2-4H3/t27-,36+,38-,41+/m1/s1. The lowest BCUT2D eigenvalue weighted by molar-refractivity contribution is -0.149. The van der Waals surface area contributed by atoms with Gasteiger partial charge in [0.15, 0.2) is 19.7 Å². The van der Waals surface area contributed by atoms with Crippen LogP contribution in [-0.4, -0.2) is 66.6 Å². The van der Waals surface area contributed by atoms with Crippen molar-refractivity contribution in [3.63, 3.8) is 0 Å². The number of aliphatic hydroxyl groups excluding tert-OH is 1. The fraction of sp³-hybridized carbons (Fsp3) is 0.293. The maximum Gasteiger partial charge on any atom is 0.266 e. The summed E-state index contributed by atoms with van der Waals surface area (Å²) in [5, 5.41) is 9.87. The Balaban J connectivity index is 1.32. The molecule has 10 nitrogen and oxygen atoms in total. The van der Waals surface area contributed by atoms with Crippen LogP contribution in [0.5, 0.6) is 11.5 Å². The normalized spacial score (nSPS) is 22.1. The molecule has 1 fully saturated rings. The number of anilines is 3. The Morgan fingerprint density at radius 3 is 2.37 bits per heavy atom. The number of hydrogen-bond acceptors (Lipinski definition) is 7. The molecule has 0 bridgehead atoms. The second-order valence-electron chi connectivity index (χ2n) is 14.2. The van der Waals surface area contributed by atoms with Crippen LogP contribution >= 0.6 is 0 Å². The molecule has 0 aliphatic carbocycles. The van der Waals surface area contributed by atoms with Gasteiger partial charge in [-0.2, -0.15) is 0 Å². The lowest BCUT2D eigenvalue weighted by atomic mass is 9.82. The zero-order chi connectivity index (χ0) is 36.8. The van der Waals surface area contributed by atoms with Crippen LogP contribution in [0.15, 0.2) is 110 Å². The largest absolute Gasteiger partial charge is 0.454 e. The molecule has 3 amide bonds. The van der Waals surface area contributed by atoms with Crippen molar-refractivity contribution in [2.45, 2.75) is 50.2 Å². The third-order valence-corrected chi connectivity index (χ3v) is 13.0. The van der Waals surface area contributed by atoms with E-state index in [9.17, 15) is 24.3 Å². The zero-order valence-corrected chi connectivity index (χ0v) is 30.6. The highest BCUT2D eigenvalue weighted by molar-refractivity contribution is 6.71. The Morgan fingerprint density at radius 2 is 1.65 bits per heavy atom. The second-order valence-corrected chi connectivity index (χ2v) is 18.2. The van der Waals surface area contributed by atoms with E-state index in [0.717, 1.165) is 5.56 Å². The van der Waals surface area contributed by atoms with Gasteiger partial charge in [0.05, 0.1) is 36.1 Å². The maximum absolute atomic E-state index is 14.8. The number of carbonyl (C=O) groups excluding carboxylic acids is 3. The van der Waals surface area contributed by atoms with Gasteiger partial charge in [-0.05, 0) is 61.1 Å². The molecular weight excluding hydrogens is 675 g/mol. The summed E-state index contributed by atoms with van der Waals surface area (Å²) in [5.41, 5.74) is 1.46. The van der Waals surface area contributed by atoms with Crippen molar-refractivity contribution in [2.75, 3.05) is 29.5 Å². The number of nitrogens with zero attached hydrogens (tertiary/aromatic N) is 3. The summed E-state index contributed by atoms with van der Waals surface area (Å²) in [7, 11) is -3.10. The minimum Gasteiger partial charge on any atom is -0.454 e. The molecule has 0 aromatic heterocycles. The topological polar surface area (TPSA) is 120 Å². The fourth-order valence-corrected chi connectivity index (χ4v) is 10.9. The van der Waals surface area contributed by atoms with Crippen LogP contribution < -0.4 is 14.5 Å². The number of benzene rings is 4. The van der Waals surface area contributed by atoms with E-state index in [1.165, 1.54) is 0 Å². The highest BCUT2D eigenvalue weighted by atomic mass is 28.4. The Kier molecular flexibility index (Phi) is 9.38. The van der Waals surface area contributed by atoms with Gasteiger partial charge >= 0.3 is 0 Å². The number of carbonyl (C=O) groups is 3. The molecule has 3 heterocycles. The molecule has 4 aromatic carbocycles. The summed E-state index contributed by atoms with van der Waals surface area (Å²) in [4.78, 5) is 59.8. The van der Waals surface area contributed by atoms with Crippen LogP contribution in [0.4, 0.5) is 17.1 Å². The van der Waals surface area contributed by atoms with Gasteiger partial charge < -0.3 is 29.2 Å². The van der Waals surface area contributed by atoms with Crippen molar-refractivity contribution in [3.8, 4) is 11.5 Å². The van der Waals surface area contributed by atoms with E-state index in [1.54, 1.807) is 39.0 Å². The number of hydrogen-bond donors (Lipinski definition) is 2. The van der Waals surface area contributed by atoms with Crippen LogP contribution in [0.1, 0.15) is 34.8 Å². The maximum atomic E-state index is 14.8. The predicted molar refractivity (Wildman–Crippen MR) is 201 cm³/mol. The molecule has 1 saturated heterocycles. The van der Waals surface area contributed by atoms with Crippen LogP contribution in [0.2, 0.25) is 18.6 Å². The summed E-state index contributed by atoms with van der Waals surface area (Å²) < 4.78 is 13.2. The second kappa shape index (κ2) is 13.8. The van der Waals surface area contributed by atoms with Crippen molar-refractivity contribution in [1.29, 1.82) is 0 Å². The number of fused-ring (bicyclic) bond motifs is 4. The van der Waals surface area contributed by atoms with E-state index in [4.69, 9.17) is 9.47 Å². The average Bonchev–Trinajstić information content (AvgIpc) is 3.50. The molecule has 11 heteroatoms. The molecule has 0 unspecified atom stereocenters. The first-order valence-corrected chi connectivity index (χ1v) is 20.6. The lowest BCUT2D eigenvalue weighted by Gasteiger charge is -2.33. The van der Waals surface area contributed by atoms with E-state index < -0.39 is 31.5 Å². The van der Waals surface area contributed by atoms with Crippen LogP contribution in [0.25, 0.3) is 0 Å². The van der Waals surface area contributed by atoms with Gasteiger partial charge in [0.1, 0.15) is 5.75 Å². The van der Waals surface area contributed by atoms with Gasteiger partial charge in [-0.25, -0.2) is 0 Å². The summed E-state index contributed by atoms with van der Waals surface area (Å²) in [5.74, 6) is -0.449. The Labute approximate surface area is 304 Å². The van der Waals surface area contributed by atoms with Crippen molar-refractivity contribution in [3.05, 3.63) is 126 Å². The molecular formula is C41H43N3O7Si. The van der Waals surface area contributed by atoms with E-state index in [2.05, 4.69) is 6.58 Å². The zero-order valence-electron chi connectivity index (χ0n) is 29.6. The summed E-state index contributed by atoms with van der Waals surface area (Å²) in [6.45, 7) is 9.86. The van der Waals surface area contributed by atoms with E-state index in [-0.39, 0.29) is 43.8 Å². The molecule has 0 saturated carbocycles. The Morgan fingerprint density at radius 1 is 0.962 bits per heavy atom. The number of rotatable bonds is 10. The highest BCUT2D eigenvalue weighted by Gasteiger charge is 2.66. The third-order valence-electron chi connectivity index (χ3n) is 10.5. The molecule has 4 atom stereocenters. The van der Waals surface area contributed by atoms with Crippen molar-refractivity contribution < 1.29 is 33.8 Å². The number of para-hydroxylation sites is 3. The van der Waals surface area contributed by atoms with Crippen LogP contribution in [0.3, 0.4) is 0 Å². The minimum atomic E-state index is -3.10. The number of aliphatic hydroxyl groups is 1. The first-order valence-electron chi connectivity index (χ1n) is 17.6. The molecule has 268 valence electrons. The summed E-state index contributed by atoms with van der Waals surface area (Å²) >= 11 is 0. The SMILES string of the molecule is C=CCN1C(=O)[C@@]2(O[C@@H](CC(=O)N(CCO)Cc3ccccc3)[C@H]([Si](C)(C)O)[C@H]2C)c2cc(N3C(=O)c4ccccc4Oc4ccccc43)ccc21. The number of amides is 3. The molecule has 2 N–H and O–H groups in total. The van der Waals surface area contributed by atoms with Gasteiger partial charge in [0, 0.05) is 42.3 Å². The summed E-state index contributed by atoms with van der Waals surface area (Å²) in [6, 6.07) is 29.4. The molecule has 4 aromatic rings. The minimum absolute atomic E-state index is 0.0869. The van der Waals surface area contributed by atoms with Gasteiger partial charge in [0.2, 0.25) is 5.91 Å². The molecule has 7 rings (SSSR count). The highest BCUT2D eigenvalue weighted by Crippen LogP contribution is 2.60. The smallest absolute Gasteiger partial charge is 0.266 e. The Hall–Kier alpha value is -5.07. The van der Waals surface area contributed by atoms with Crippen molar-refractivity contribution in [1.82, 2.24) is 4.90 Å². The molecule has 3 aliphatic rings. The van der Waals surface area contributed by atoms with E-state index in [0.29, 0.717) is 46.2 Å². The monoisotopic (exact) mass is 717 g/mol. The van der Waals surface area contributed by atoms with Gasteiger partial charge in [0.25, 0.3) is 11.8 Å². The summed E-state index contributed by atoms with van der Waals surface area (Å²) in [6.07, 6.45) is 0.767. The first-order chi connectivity index (χ1) is 25.0. The van der Waals surface area contributed by atoms with Gasteiger partial charge in [-0.1, -0.05) is 67.6 Å². The average molecular weight is 718 g/mol. The van der Waals surface area contributed by atoms with E-state index in [1.807, 2.05) is 98.9 Å². The first kappa shape index (κ1) is 35.3. The molecule has 0 radical (unpaired) electrons. The van der Waals surface area contributed by atoms with Gasteiger partial charge in [-0.3, -0.25) is 19.3 Å². The number of ether oxygens (including phenoxy) is 2. The van der Waals surface area contributed by atoms with Crippen LogP contribution in [-0.2, 0) is 26.5 Å². The van der Waals surface area contributed by atoms with Crippen LogP contribution in [0, 0.1) is 5.92 Å². The van der Waals surface area contributed by atoms with Crippen molar-refractivity contribution in [2.24, 2.45) is 5.92 Å². The molecule has 52 heavy (non-hydrogen) atoms. The quantitative estimate of drug-likeness (QED) is 0.142. The van der Waals surface area contributed by atoms with Crippen molar-refractivity contribution >= 4 is 43.1 Å². The van der Waals surface area contributed by atoms with Gasteiger partial charge in [-0.15, -0.1) is 6.58 Å². The fourth-order valence-electron chi connectivity index (χ4n) is 8.30. The lowest BCUT2D eigenvalue weighted by Crippen LogP contribution is -2.46. The predicted octanol–water partition coefficient (Wildman–Crippen LogP) is 6.51. The molecule has 3 aliphatic heterocycles.